The van der Waals surface area contributed by atoms with Gasteiger partial charge in [-0.25, -0.2) is 0 Å². The maximum absolute atomic E-state index is 4.21. The zero-order valence-corrected chi connectivity index (χ0v) is 10.1. The van der Waals surface area contributed by atoms with Crippen molar-refractivity contribution in [2.45, 2.75) is 26.2 Å². The van der Waals surface area contributed by atoms with Gasteiger partial charge in [-0.1, -0.05) is 31.2 Å². The van der Waals surface area contributed by atoms with E-state index in [-0.39, 0.29) is 0 Å². The van der Waals surface area contributed by atoms with Crippen LogP contribution in [0.15, 0.2) is 30.5 Å². The molecule has 1 aliphatic rings. The highest BCUT2D eigenvalue weighted by Gasteiger charge is 2.40. The van der Waals surface area contributed by atoms with Crippen LogP contribution in [0.2, 0.25) is 0 Å². The molecule has 2 aromatic rings. The predicted molar refractivity (Wildman–Crippen MR) is 70.0 cm³/mol. The van der Waals surface area contributed by atoms with Crippen LogP contribution in [0.1, 0.15) is 26.2 Å². The Morgan fingerprint density at radius 1 is 1.29 bits per heavy atom. The highest BCUT2D eigenvalue weighted by Crippen LogP contribution is 2.48. The maximum atomic E-state index is 4.21. The van der Waals surface area contributed by atoms with Crippen LogP contribution in [0.25, 0.3) is 10.8 Å². The maximum Gasteiger partial charge on any atom is 0.156 e. The van der Waals surface area contributed by atoms with Gasteiger partial charge in [-0.2, -0.15) is 5.10 Å². The van der Waals surface area contributed by atoms with Gasteiger partial charge < -0.3 is 5.32 Å². The van der Waals surface area contributed by atoms with Crippen LogP contribution >= 0.6 is 0 Å². The molecule has 0 atom stereocenters. The van der Waals surface area contributed by atoms with Crippen LogP contribution in [0.5, 0.6) is 0 Å². The summed E-state index contributed by atoms with van der Waals surface area (Å²) in [4.78, 5) is 0. The van der Waals surface area contributed by atoms with E-state index in [0.717, 1.165) is 23.1 Å². The second-order valence-electron chi connectivity index (χ2n) is 4.99. The lowest BCUT2D eigenvalue weighted by Crippen LogP contribution is -2.15. The molecule has 1 saturated carbocycles. The monoisotopic (exact) mass is 227 g/mol. The van der Waals surface area contributed by atoms with Gasteiger partial charge in [0.05, 0.1) is 6.20 Å². The lowest BCUT2D eigenvalue weighted by atomic mass is 10.0. The van der Waals surface area contributed by atoms with Gasteiger partial charge in [-0.3, -0.25) is 0 Å². The largest absolute Gasteiger partial charge is 0.368 e. The molecule has 0 bridgehead atoms. The molecule has 0 amide bonds. The molecule has 3 rings (SSSR count). The van der Waals surface area contributed by atoms with Crippen molar-refractivity contribution in [2.75, 3.05) is 11.9 Å². The van der Waals surface area contributed by atoms with Crippen LogP contribution in [0.3, 0.4) is 0 Å². The van der Waals surface area contributed by atoms with Crippen LogP contribution in [-0.4, -0.2) is 16.7 Å². The summed E-state index contributed by atoms with van der Waals surface area (Å²) in [7, 11) is 0. The summed E-state index contributed by atoms with van der Waals surface area (Å²) in [5.41, 5.74) is 0.526. The van der Waals surface area contributed by atoms with Crippen molar-refractivity contribution in [3.05, 3.63) is 30.5 Å². The van der Waals surface area contributed by atoms with E-state index in [9.17, 15) is 0 Å². The van der Waals surface area contributed by atoms with E-state index in [2.05, 4.69) is 34.6 Å². The highest BCUT2D eigenvalue weighted by molar-refractivity contribution is 5.90. The number of nitrogens with one attached hydrogen (secondary N) is 1. The Labute approximate surface area is 101 Å². The second kappa shape index (κ2) is 3.99. The Kier molecular flexibility index (Phi) is 2.46. The molecule has 1 fully saturated rings. The molecule has 0 aliphatic heterocycles. The molecule has 0 unspecified atom stereocenters. The van der Waals surface area contributed by atoms with Gasteiger partial charge in [-0.05, 0) is 24.7 Å². The molecule has 1 aliphatic carbocycles. The molecule has 88 valence electrons. The highest BCUT2D eigenvalue weighted by atomic mass is 15.2. The summed E-state index contributed by atoms with van der Waals surface area (Å²) in [6, 6.07) is 8.24. The Bertz CT molecular complexity index is 526. The zero-order chi connectivity index (χ0) is 11.7. The third kappa shape index (κ3) is 1.97. The van der Waals surface area contributed by atoms with E-state index in [4.69, 9.17) is 0 Å². The summed E-state index contributed by atoms with van der Waals surface area (Å²) in [5, 5.41) is 14.0. The number of rotatable bonds is 4. The summed E-state index contributed by atoms with van der Waals surface area (Å²) in [6.45, 7) is 3.29. The fraction of sp³-hybridized carbons (Fsp3) is 0.429. The summed E-state index contributed by atoms with van der Waals surface area (Å²) in [6.07, 6.45) is 5.74. The van der Waals surface area contributed by atoms with Gasteiger partial charge in [-0.15, -0.1) is 5.10 Å². The van der Waals surface area contributed by atoms with Crippen LogP contribution < -0.4 is 5.32 Å². The average molecular weight is 227 g/mol. The summed E-state index contributed by atoms with van der Waals surface area (Å²) >= 11 is 0. The molecule has 1 N–H and O–H groups in total. The predicted octanol–water partition coefficient (Wildman–Crippen LogP) is 3.23. The van der Waals surface area contributed by atoms with Crippen molar-refractivity contribution in [2.24, 2.45) is 5.41 Å². The molecular weight excluding hydrogens is 210 g/mol. The molecule has 1 aromatic carbocycles. The van der Waals surface area contributed by atoms with Crippen LogP contribution in [0.4, 0.5) is 5.82 Å². The van der Waals surface area contributed by atoms with Crippen molar-refractivity contribution < 1.29 is 0 Å². The summed E-state index contributed by atoms with van der Waals surface area (Å²) in [5.74, 6) is 0.919. The fourth-order valence-electron chi connectivity index (χ4n) is 2.26. The van der Waals surface area contributed by atoms with E-state index >= 15 is 0 Å². The Morgan fingerprint density at radius 2 is 2.12 bits per heavy atom. The van der Waals surface area contributed by atoms with Crippen LogP contribution in [-0.2, 0) is 0 Å². The molecule has 17 heavy (non-hydrogen) atoms. The van der Waals surface area contributed by atoms with Gasteiger partial charge in [0.25, 0.3) is 0 Å². The first-order valence-electron chi connectivity index (χ1n) is 6.27. The minimum atomic E-state index is 0.526. The van der Waals surface area contributed by atoms with E-state index in [1.165, 1.54) is 19.3 Å². The van der Waals surface area contributed by atoms with Gasteiger partial charge in [0, 0.05) is 17.3 Å². The number of anilines is 1. The van der Waals surface area contributed by atoms with E-state index in [1.807, 2.05) is 18.3 Å². The number of hydrogen-bond donors (Lipinski definition) is 1. The lowest BCUT2D eigenvalue weighted by molar-refractivity contribution is 0.520. The first kappa shape index (κ1) is 10.5. The van der Waals surface area contributed by atoms with E-state index in [1.54, 1.807) is 0 Å². The first-order valence-corrected chi connectivity index (χ1v) is 6.27. The Hall–Kier alpha value is -1.64. The van der Waals surface area contributed by atoms with Crippen molar-refractivity contribution in [1.82, 2.24) is 10.2 Å². The molecule has 0 radical (unpaired) electrons. The molecule has 1 aromatic heterocycles. The number of nitrogens with zero attached hydrogens (tertiary/aromatic N) is 2. The normalized spacial score (nSPS) is 17.0. The minimum Gasteiger partial charge on any atom is -0.368 e. The van der Waals surface area contributed by atoms with Crippen molar-refractivity contribution >= 4 is 16.6 Å². The van der Waals surface area contributed by atoms with Crippen molar-refractivity contribution in [3.8, 4) is 0 Å². The summed E-state index contributed by atoms with van der Waals surface area (Å²) < 4.78 is 0. The first-order chi connectivity index (χ1) is 8.33. The van der Waals surface area contributed by atoms with Crippen LogP contribution in [0, 0.1) is 5.41 Å². The number of hydrogen-bond acceptors (Lipinski definition) is 3. The molecule has 3 heteroatoms. The van der Waals surface area contributed by atoms with Crippen molar-refractivity contribution in [3.63, 3.8) is 0 Å². The standard InChI is InChI=1S/C14H17N3/c1-2-14(7-8-14)10-15-13-12-6-4-3-5-11(12)9-16-17-13/h3-6,9H,2,7-8,10H2,1H3,(H,15,17). The van der Waals surface area contributed by atoms with Gasteiger partial charge in [0.2, 0.25) is 0 Å². The average Bonchev–Trinajstić information content (AvgIpc) is 3.17. The molecule has 0 saturated heterocycles. The number of benzene rings is 1. The Morgan fingerprint density at radius 3 is 2.88 bits per heavy atom. The molecule has 3 nitrogen and oxygen atoms in total. The topological polar surface area (TPSA) is 37.8 Å². The number of fused-ring (bicyclic) bond motifs is 1. The third-order valence-corrected chi connectivity index (χ3v) is 3.91. The number of aromatic nitrogens is 2. The quantitative estimate of drug-likeness (QED) is 0.871. The zero-order valence-electron chi connectivity index (χ0n) is 10.1. The van der Waals surface area contributed by atoms with E-state index < -0.39 is 0 Å². The minimum absolute atomic E-state index is 0.526. The van der Waals surface area contributed by atoms with Gasteiger partial charge in [0.15, 0.2) is 5.82 Å². The third-order valence-electron chi connectivity index (χ3n) is 3.91. The fourth-order valence-corrected chi connectivity index (χ4v) is 2.26. The Balaban J connectivity index is 1.85. The smallest absolute Gasteiger partial charge is 0.156 e. The molecule has 1 heterocycles. The van der Waals surface area contributed by atoms with E-state index in [0.29, 0.717) is 5.41 Å². The molecular formula is C14H17N3. The lowest BCUT2D eigenvalue weighted by Gasteiger charge is -2.14. The van der Waals surface area contributed by atoms with Gasteiger partial charge in [0.1, 0.15) is 0 Å². The second-order valence-corrected chi connectivity index (χ2v) is 4.99. The molecule has 0 spiro atoms. The SMILES string of the molecule is CCC1(CNc2nncc3ccccc23)CC1. The van der Waals surface area contributed by atoms with Crippen molar-refractivity contribution in [1.29, 1.82) is 0 Å². The van der Waals surface area contributed by atoms with Gasteiger partial charge >= 0.3 is 0 Å².